The molecule has 3 heteroatoms. The summed E-state index contributed by atoms with van der Waals surface area (Å²) in [7, 11) is 0. The molecule has 1 aliphatic carbocycles. The van der Waals surface area contributed by atoms with Gasteiger partial charge in [-0.1, -0.05) is 75.4 Å². The molecule has 0 saturated heterocycles. The monoisotopic (exact) mass is 491 g/mol. The Labute approximate surface area is 222 Å². The van der Waals surface area contributed by atoms with Crippen molar-refractivity contribution in [3.8, 4) is 0 Å². The Morgan fingerprint density at radius 3 is 2.22 bits per heavy atom. The summed E-state index contributed by atoms with van der Waals surface area (Å²) in [6, 6.07) is 23.5. The summed E-state index contributed by atoms with van der Waals surface area (Å²) in [6.45, 7) is 18.6. The molecular weight excluding hydrogens is 450 g/mol. The maximum Gasteiger partial charge on any atom is 0.109 e. The first-order chi connectivity index (χ1) is 17.6. The third-order valence-corrected chi connectivity index (χ3v) is 8.84. The molecule has 6 rings (SSSR count). The second kappa shape index (κ2) is 8.30. The normalized spacial score (nSPS) is 27.1. The number of benzene rings is 3. The highest BCUT2D eigenvalue weighted by Gasteiger charge is 2.72. The van der Waals surface area contributed by atoms with Gasteiger partial charge >= 0.3 is 0 Å². The Bertz CT molecular complexity index is 1410. The lowest BCUT2D eigenvalue weighted by Crippen LogP contribution is -2.55. The second-order valence-electron chi connectivity index (χ2n) is 12.9. The van der Waals surface area contributed by atoms with Gasteiger partial charge in [-0.3, -0.25) is 9.89 Å². The Morgan fingerprint density at radius 1 is 0.892 bits per heavy atom. The van der Waals surface area contributed by atoms with Crippen LogP contribution in [0.15, 0.2) is 77.9 Å². The molecule has 3 aliphatic rings. The Kier molecular flexibility index (Phi) is 5.48. The Morgan fingerprint density at radius 2 is 1.57 bits per heavy atom. The van der Waals surface area contributed by atoms with Crippen molar-refractivity contribution in [3.63, 3.8) is 0 Å². The molecule has 0 aromatic heterocycles. The largest absolute Gasteiger partial charge is 0.356 e. The van der Waals surface area contributed by atoms with Gasteiger partial charge in [0.1, 0.15) is 6.17 Å². The Balaban J connectivity index is 1.62. The van der Waals surface area contributed by atoms with Crippen molar-refractivity contribution < 1.29 is 0 Å². The third kappa shape index (κ3) is 3.46. The van der Waals surface area contributed by atoms with Crippen molar-refractivity contribution in [1.29, 1.82) is 0 Å². The zero-order valence-electron chi connectivity index (χ0n) is 23.7. The van der Waals surface area contributed by atoms with E-state index in [0.29, 0.717) is 18.0 Å². The molecule has 4 unspecified atom stereocenters. The van der Waals surface area contributed by atoms with Gasteiger partial charge < -0.3 is 4.90 Å². The predicted molar refractivity (Wildman–Crippen MR) is 156 cm³/mol. The first-order valence-corrected chi connectivity index (χ1v) is 14.0. The Hall–Kier alpha value is -2.91. The van der Waals surface area contributed by atoms with Crippen molar-refractivity contribution in [1.82, 2.24) is 9.80 Å². The van der Waals surface area contributed by atoms with Crippen LogP contribution in [0.25, 0.3) is 10.8 Å². The van der Waals surface area contributed by atoms with Crippen LogP contribution in [-0.2, 0) is 5.41 Å². The van der Waals surface area contributed by atoms with E-state index < -0.39 is 0 Å². The quantitative estimate of drug-likeness (QED) is 0.372. The van der Waals surface area contributed by atoms with Crippen LogP contribution in [-0.4, -0.2) is 39.2 Å². The van der Waals surface area contributed by atoms with Gasteiger partial charge in [0.2, 0.25) is 0 Å². The van der Waals surface area contributed by atoms with E-state index in [1.165, 1.54) is 38.7 Å². The van der Waals surface area contributed by atoms with Gasteiger partial charge in [0.15, 0.2) is 0 Å². The number of rotatable bonds is 3. The molecule has 2 aliphatic heterocycles. The number of nitrogens with zero attached hydrogens (tertiary/aromatic N) is 3. The van der Waals surface area contributed by atoms with Crippen molar-refractivity contribution in [2.75, 3.05) is 0 Å². The van der Waals surface area contributed by atoms with Crippen LogP contribution in [0.1, 0.15) is 89.7 Å². The van der Waals surface area contributed by atoms with Gasteiger partial charge in [0.05, 0.1) is 11.6 Å². The molecular formula is C34H41N3. The van der Waals surface area contributed by atoms with Crippen LogP contribution < -0.4 is 0 Å². The zero-order chi connectivity index (χ0) is 26.3. The standard InChI is InChI=1S/C34H41N3/c1-21(2)36-19-18-34(37(22(3)4)32(36)24-14-10-9-11-15-24)30-29-26-17-13-12-16-25(26)20-27(33(6,7)8)28(29)23(5)35-31(30)34/h9-22,30-32H,1-8H3. The lowest BCUT2D eigenvalue weighted by Gasteiger charge is -2.50. The molecule has 0 bridgehead atoms. The second-order valence-corrected chi connectivity index (χ2v) is 12.9. The van der Waals surface area contributed by atoms with Crippen molar-refractivity contribution in [2.24, 2.45) is 4.99 Å². The lowest BCUT2D eigenvalue weighted by atomic mass is 9.77. The molecule has 3 aromatic carbocycles. The summed E-state index contributed by atoms with van der Waals surface area (Å²) in [6.07, 6.45) is 5.07. The highest BCUT2D eigenvalue weighted by molar-refractivity contribution is 6.09. The topological polar surface area (TPSA) is 18.8 Å². The van der Waals surface area contributed by atoms with Crippen molar-refractivity contribution >= 4 is 16.5 Å². The van der Waals surface area contributed by atoms with Gasteiger partial charge in [-0.2, -0.15) is 0 Å². The number of hydrogen-bond donors (Lipinski definition) is 0. The molecule has 3 aromatic rings. The number of fused-ring (bicyclic) bond motifs is 7. The molecule has 192 valence electrons. The zero-order valence-corrected chi connectivity index (χ0v) is 23.7. The van der Waals surface area contributed by atoms with E-state index in [1.807, 2.05) is 0 Å². The minimum absolute atomic E-state index is 0.0426. The van der Waals surface area contributed by atoms with Gasteiger partial charge in [0.25, 0.3) is 0 Å². The highest BCUT2D eigenvalue weighted by Crippen LogP contribution is 2.66. The molecule has 0 radical (unpaired) electrons. The van der Waals surface area contributed by atoms with Crippen LogP contribution in [0.2, 0.25) is 0 Å². The van der Waals surface area contributed by atoms with E-state index in [1.54, 1.807) is 0 Å². The average molecular weight is 492 g/mol. The fourth-order valence-electron chi connectivity index (χ4n) is 7.28. The van der Waals surface area contributed by atoms with E-state index in [9.17, 15) is 0 Å². The van der Waals surface area contributed by atoms with Gasteiger partial charge in [0, 0.05) is 29.3 Å². The maximum absolute atomic E-state index is 5.49. The summed E-state index contributed by atoms with van der Waals surface area (Å²) in [5.74, 6) is 0.345. The maximum atomic E-state index is 5.49. The highest BCUT2D eigenvalue weighted by atomic mass is 15.5. The smallest absolute Gasteiger partial charge is 0.109 e. The van der Waals surface area contributed by atoms with Crippen LogP contribution in [0.5, 0.6) is 0 Å². The van der Waals surface area contributed by atoms with Gasteiger partial charge in [-0.05, 0) is 85.8 Å². The van der Waals surface area contributed by atoms with Gasteiger partial charge in [-0.15, -0.1) is 0 Å². The summed E-state index contributed by atoms with van der Waals surface area (Å²) in [5, 5.41) is 2.74. The summed E-state index contributed by atoms with van der Waals surface area (Å²) >= 11 is 0. The average Bonchev–Trinajstić information content (AvgIpc) is 3.48. The first-order valence-electron chi connectivity index (χ1n) is 14.0. The minimum Gasteiger partial charge on any atom is -0.356 e. The van der Waals surface area contributed by atoms with Crippen molar-refractivity contribution in [2.45, 2.75) is 96.6 Å². The minimum atomic E-state index is -0.133. The molecule has 3 nitrogen and oxygen atoms in total. The van der Waals surface area contributed by atoms with Crippen LogP contribution in [0.3, 0.4) is 0 Å². The lowest BCUT2D eigenvalue weighted by molar-refractivity contribution is -0.0160. The first kappa shape index (κ1) is 24.4. The molecule has 4 atom stereocenters. The molecule has 1 saturated carbocycles. The third-order valence-electron chi connectivity index (χ3n) is 8.84. The fraction of sp³-hybridized carbons (Fsp3) is 0.441. The number of hydrogen-bond acceptors (Lipinski definition) is 3. The van der Waals surface area contributed by atoms with E-state index in [2.05, 4.69) is 138 Å². The SMILES string of the molecule is CC1=NC2C(c3c1c(C(C)(C)C)cc1ccccc31)C21C=CN(C(C)C)C(c2ccccc2)N1C(C)C. The van der Waals surface area contributed by atoms with Crippen LogP contribution in [0, 0.1) is 0 Å². The van der Waals surface area contributed by atoms with Crippen molar-refractivity contribution in [3.05, 3.63) is 95.2 Å². The van der Waals surface area contributed by atoms with E-state index in [-0.39, 0.29) is 23.2 Å². The van der Waals surface area contributed by atoms with E-state index >= 15 is 0 Å². The molecule has 1 fully saturated rings. The molecule has 2 heterocycles. The molecule has 0 N–H and O–H groups in total. The van der Waals surface area contributed by atoms with Crippen LogP contribution in [0.4, 0.5) is 0 Å². The van der Waals surface area contributed by atoms with Gasteiger partial charge in [-0.25, -0.2) is 0 Å². The summed E-state index contributed by atoms with van der Waals surface area (Å²) < 4.78 is 0. The predicted octanol–water partition coefficient (Wildman–Crippen LogP) is 7.81. The van der Waals surface area contributed by atoms with Crippen LogP contribution >= 0.6 is 0 Å². The fourth-order valence-corrected chi connectivity index (χ4v) is 7.28. The number of aliphatic imine (C=N–C) groups is 1. The van der Waals surface area contributed by atoms with E-state index in [4.69, 9.17) is 4.99 Å². The molecule has 1 spiro atoms. The molecule has 0 amide bonds. The van der Waals surface area contributed by atoms with E-state index in [0.717, 1.165) is 0 Å². The summed E-state index contributed by atoms with van der Waals surface area (Å²) in [5.41, 5.74) is 6.79. The summed E-state index contributed by atoms with van der Waals surface area (Å²) in [4.78, 5) is 10.8. The molecule has 37 heavy (non-hydrogen) atoms.